The van der Waals surface area contributed by atoms with Gasteiger partial charge < -0.3 is 20.1 Å². The van der Waals surface area contributed by atoms with Gasteiger partial charge in [0.1, 0.15) is 5.75 Å². The predicted molar refractivity (Wildman–Crippen MR) is 76.6 cm³/mol. The Bertz CT molecular complexity index is 441. The van der Waals surface area contributed by atoms with Crippen molar-refractivity contribution in [3.05, 3.63) is 29.8 Å². The van der Waals surface area contributed by atoms with E-state index in [4.69, 9.17) is 9.84 Å². The van der Waals surface area contributed by atoms with Crippen molar-refractivity contribution < 1.29 is 14.6 Å². The largest absolute Gasteiger partial charge is 0.491 e. The number of urea groups is 1. The molecule has 0 saturated carbocycles. The van der Waals surface area contributed by atoms with Crippen LogP contribution < -0.4 is 10.1 Å². The van der Waals surface area contributed by atoms with Crippen LogP contribution in [0, 0.1) is 0 Å². The van der Waals surface area contributed by atoms with Gasteiger partial charge in [0.2, 0.25) is 0 Å². The third-order valence-corrected chi connectivity index (χ3v) is 3.43. The molecule has 0 aliphatic carbocycles. The van der Waals surface area contributed by atoms with Crippen LogP contribution in [0.1, 0.15) is 25.8 Å². The van der Waals surface area contributed by atoms with Crippen LogP contribution in [0.15, 0.2) is 24.3 Å². The zero-order valence-corrected chi connectivity index (χ0v) is 12.0. The summed E-state index contributed by atoms with van der Waals surface area (Å²) in [4.78, 5) is 13.3. The Balaban J connectivity index is 1.77. The fourth-order valence-electron chi connectivity index (χ4n) is 1.91. The lowest BCUT2D eigenvalue weighted by molar-refractivity contribution is 0.0265. The molecule has 2 amide bonds. The van der Waals surface area contributed by atoms with E-state index in [2.05, 4.69) is 12.2 Å². The molecular formula is C15H22N2O3. The fourth-order valence-corrected chi connectivity index (χ4v) is 1.91. The maximum absolute atomic E-state index is 11.7. The Hall–Kier alpha value is -1.75. The summed E-state index contributed by atoms with van der Waals surface area (Å²) in [6, 6.07) is 7.60. The third kappa shape index (κ3) is 3.87. The molecule has 0 bridgehead atoms. The second kappa shape index (κ2) is 6.61. The maximum Gasteiger partial charge on any atom is 0.317 e. The molecule has 110 valence electrons. The van der Waals surface area contributed by atoms with Crippen LogP contribution in [0.5, 0.6) is 5.75 Å². The molecule has 1 fully saturated rings. The van der Waals surface area contributed by atoms with Crippen molar-refractivity contribution >= 4 is 6.03 Å². The number of amides is 2. The van der Waals surface area contributed by atoms with E-state index >= 15 is 0 Å². The predicted octanol–water partition coefficient (Wildman–Crippen LogP) is 1.75. The van der Waals surface area contributed by atoms with E-state index < -0.39 is 0 Å². The number of carbonyl (C=O) groups is 1. The number of ether oxygens (including phenoxy) is 1. The summed E-state index contributed by atoms with van der Waals surface area (Å²) in [7, 11) is 0. The van der Waals surface area contributed by atoms with Crippen LogP contribution in [0.4, 0.5) is 4.79 Å². The molecule has 0 radical (unpaired) electrons. The van der Waals surface area contributed by atoms with E-state index in [9.17, 15) is 4.79 Å². The van der Waals surface area contributed by atoms with Gasteiger partial charge in [0.15, 0.2) is 0 Å². The van der Waals surface area contributed by atoms with Gasteiger partial charge >= 0.3 is 6.03 Å². The highest BCUT2D eigenvalue weighted by Gasteiger charge is 2.28. The monoisotopic (exact) mass is 278 g/mol. The van der Waals surface area contributed by atoms with Crippen LogP contribution in [0.25, 0.3) is 0 Å². The van der Waals surface area contributed by atoms with Crippen LogP contribution in [-0.2, 0) is 6.54 Å². The van der Waals surface area contributed by atoms with Crippen molar-refractivity contribution in [1.29, 1.82) is 0 Å². The standard InChI is InChI=1S/C15H22N2O3/c1-3-11(2)20-14-6-4-12(5-7-14)8-16-15(19)17-9-13(18)10-17/h4-7,11,13,18H,3,8-10H2,1-2H3,(H,16,19). The molecular weight excluding hydrogens is 256 g/mol. The molecule has 1 atom stereocenters. The van der Waals surface area contributed by atoms with Crippen molar-refractivity contribution in [2.75, 3.05) is 13.1 Å². The van der Waals surface area contributed by atoms with Gasteiger partial charge in [-0.25, -0.2) is 4.79 Å². The second-order valence-corrected chi connectivity index (χ2v) is 5.20. The highest BCUT2D eigenvalue weighted by Crippen LogP contribution is 2.15. The Morgan fingerprint density at radius 2 is 2.10 bits per heavy atom. The first-order valence-corrected chi connectivity index (χ1v) is 7.05. The lowest BCUT2D eigenvalue weighted by atomic mass is 10.2. The van der Waals surface area contributed by atoms with E-state index in [0.29, 0.717) is 19.6 Å². The van der Waals surface area contributed by atoms with Gasteiger partial charge in [0, 0.05) is 6.54 Å². The number of hydrogen-bond acceptors (Lipinski definition) is 3. The van der Waals surface area contributed by atoms with Crippen LogP contribution in [0.2, 0.25) is 0 Å². The zero-order chi connectivity index (χ0) is 14.5. The number of nitrogens with one attached hydrogen (secondary N) is 1. The average Bonchev–Trinajstić information content (AvgIpc) is 2.42. The minimum atomic E-state index is -0.363. The van der Waals surface area contributed by atoms with Crippen molar-refractivity contribution in [2.45, 2.75) is 39.0 Å². The molecule has 1 saturated heterocycles. The van der Waals surface area contributed by atoms with Crippen molar-refractivity contribution in [2.24, 2.45) is 0 Å². The lowest BCUT2D eigenvalue weighted by Crippen LogP contribution is -2.56. The number of carbonyl (C=O) groups excluding carboxylic acids is 1. The molecule has 2 rings (SSSR count). The van der Waals surface area contributed by atoms with Gasteiger partial charge in [-0.1, -0.05) is 19.1 Å². The van der Waals surface area contributed by atoms with E-state index in [1.54, 1.807) is 4.90 Å². The minimum Gasteiger partial charge on any atom is -0.491 e. The Kier molecular flexibility index (Phi) is 4.84. The first-order chi connectivity index (χ1) is 9.58. The summed E-state index contributed by atoms with van der Waals surface area (Å²) in [5.74, 6) is 0.847. The minimum absolute atomic E-state index is 0.129. The number of rotatable bonds is 5. The molecule has 1 aliphatic rings. The molecule has 20 heavy (non-hydrogen) atoms. The molecule has 1 aromatic rings. The van der Waals surface area contributed by atoms with Gasteiger partial charge in [-0.3, -0.25) is 0 Å². The number of aliphatic hydroxyl groups excluding tert-OH is 1. The van der Waals surface area contributed by atoms with Crippen LogP contribution in [0.3, 0.4) is 0 Å². The smallest absolute Gasteiger partial charge is 0.317 e. The highest BCUT2D eigenvalue weighted by atomic mass is 16.5. The fraction of sp³-hybridized carbons (Fsp3) is 0.533. The topological polar surface area (TPSA) is 61.8 Å². The van der Waals surface area contributed by atoms with Gasteiger partial charge in [-0.05, 0) is 31.0 Å². The number of nitrogens with zero attached hydrogens (tertiary/aromatic N) is 1. The van der Waals surface area contributed by atoms with Gasteiger partial charge in [-0.15, -0.1) is 0 Å². The molecule has 1 aromatic carbocycles. The average molecular weight is 278 g/mol. The van der Waals surface area contributed by atoms with Gasteiger partial charge in [0.25, 0.3) is 0 Å². The molecule has 0 aromatic heterocycles. The van der Waals surface area contributed by atoms with Crippen LogP contribution in [-0.4, -0.2) is 41.3 Å². The maximum atomic E-state index is 11.7. The Morgan fingerprint density at radius 3 is 2.65 bits per heavy atom. The summed E-state index contributed by atoms with van der Waals surface area (Å²) in [5.41, 5.74) is 1.02. The van der Waals surface area contributed by atoms with E-state index in [-0.39, 0.29) is 18.2 Å². The lowest BCUT2D eigenvalue weighted by Gasteiger charge is -2.35. The zero-order valence-electron chi connectivity index (χ0n) is 12.0. The molecule has 1 aliphatic heterocycles. The van der Waals surface area contributed by atoms with Gasteiger partial charge in [-0.2, -0.15) is 0 Å². The molecule has 1 unspecified atom stereocenters. The normalized spacial score (nSPS) is 16.4. The van der Waals surface area contributed by atoms with E-state index in [1.165, 1.54) is 0 Å². The molecule has 5 nitrogen and oxygen atoms in total. The number of benzene rings is 1. The van der Waals surface area contributed by atoms with E-state index in [0.717, 1.165) is 17.7 Å². The highest BCUT2D eigenvalue weighted by molar-refractivity contribution is 5.75. The molecule has 1 heterocycles. The SMILES string of the molecule is CCC(C)Oc1ccc(CNC(=O)N2CC(O)C2)cc1. The van der Waals surface area contributed by atoms with Gasteiger partial charge in [0.05, 0.1) is 25.3 Å². The summed E-state index contributed by atoms with van der Waals surface area (Å²) in [6.45, 7) is 5.45. The molecule has 0 spiro atoms. The quantitative estimate of drug-likeness (QED) is 0.862. The number of likely N-dealkylation sites (tertiary alicyclic amines) is 1. The molecule has 5 heteroatoms. The van der Waals surface area contributed by atoms with Crippen molar-refractivity contribution in [3.63, 3.8) is 0 Å². The van der Waals surface area contributed by atoms with Crippen molar-refractivity contribution in [1.82, 2.24) is 10.2 Å². The van der Waals surface area contributed by atoms with Crippen molar-refractivity contribution in [3.8, 4) is 5.75 Å². The van der Waals surface area contributed by atoms with E-state index in [1.807, 2.05) is 31.2 Å². The second-order valence-electron chi connectivity index (χ2n) is 5.20. The Labute approximate surface area is 119 Å². The first kappa shape index (κ1) is 14.7. The Morgan fingerprint density at radius 1 is 1.45 bits per heavy atom. The third-order valence-electron chi connectivity index (χ3n) is 3.43. The summed E-state index contributed by atoms with van der Waals surface area (Å²) < 4.78 is 5.70. The summed E-state index contributed by atoms with van der Waals surface area (Å²) in [5, 5.41) is 12.0. The summed E-state index contributed by atoms with van der Waals surface area (Å²) >= 11 is 0. The first-order valence-electron chi connectivity index (χ1n) is 7.05. The number of hydrogen-bond donors (Lipinski definition) is 2. The molecule has 2 N–H and O–H groups in total. The number of aliphatic hydroxyl groups is 1. The van der Waals surface area contributed by atoms with Crippen LogP contribution >= 0.6 is 0 Å². The number of β-amino-alcohol motifs (C(OH)–C–C–N with tert-alkyl or cyclic N) is 1. The summed E-state index contributed by atoms with van der Waals surface area (Å²) in [6.07, 6.45) is 0.815.